The van der Waals surface area contributed by atoms with Crippen LogP contribution in [0.3, 0.4) is 0 Å². The van der Waals surface area contributed by atoms with Gasteiger partial charge >= 0.3 is 0 Å². The minimum Gasteiger partial charge on any atom is -0.385 e. The smallest absolute Gasteiger partial charge is 0.274 e. The Hall–Kier alpha value is -1.88. The molecule has 0 unspecified atom stereocenters. The first-order chi connectivity index (χ1) is 10.1. The molecule has 2 aromatic rings. The summed E-state index contributed by atoms with van der Waals surface area (Å²) in [7, 11) is 0. The van der Waals surface area contributed by atoms with Crippen molar-refractivity contribution in [2.45, 2.75) is 13.8 Å². The second kappa shape index (κ2) is 7.22. The van der Waals surface area contributed by atoms with Gasteiger partial charge in [0.15, 0.2) is 0 Å². The fourth-order valence-electron chi connectivity index (χ4n) is 1.74. The molecule has 0 fully saturated rings. The Balaban J connectivity index is 2.09. The Bertz CT molecular complexity index is 628. The van der Waals surface area contributed by atoms with Gasteiger partial charge in [-0.1, -0.05) is 26.0 Å². The first kappa shape index (κ1) is 15.5. The molecule has 0 bridgehead atoms. The van der Waals surface area contributed by atoms with Crippen LogP contribution in [0, 0.1) is 5.92 Å². The highest BCUT2D eigenvalue weighted by Crippen LogP contribution is 2.22. The number of para-hydroxylation sites is 1. The van der Waals surface area contributed by atoms with Crippen LogP contribution in [-0.2, 0) is 0 Å². The first-order valence-electron chi connectivity index (χ1n) is 6.82. The Labute approximate surface area is 133 Å². The molecule has 0 aliphatic rings. The van der Waals surface area contributed by atoms with Crippen molar-refractivity contribution >= 4 is 33.2 Å². The van der Waals surface area contributed by atoms with Crippen LogP contribution in [0.15, 0.2) is 47.1 Å². The van der Waals surface area contributed by atoms with Crippen LogP contribution >= 0.6 is 15.9 Å². The van der Waals surface area contributed by atoms with Crippen LogP contribution in [0.2, 0.25) is 0 Å². The van der Waals surface area contributed by atoms with E-state index in [0.29, 0.717) is 11.6 Å². The summed E-state index contributed by atoms with van der Waals surface area (Å²) in [6.07, 6.45) is 1.64. The number of amides is 1. The van der Waals surface area contributed by atoms with E-state index in [-0.39, 0.29) is 5.91 Å². The molecule has 1 amide bonds. The number of hydrogen-bond donors (Lipinski definition) is 2. The van der Waals surface area contributed by atoms with Gasteiger partial charge in [0.2, 0.25) is 0 Å². The summed E-state index contributed by atoms with van der Waals surface area (Å²) >= 11 is 3.41. The summed E-state index contributed by atoms with van der Waals surface area (Å²) in [5.41, 5.74) is 2.01. The maximum absolute atomic E-state index is 12.2. The van der Waals surface area contributed by atoms with Gasteiger partial charge in [0.25, 0.3) is 5.91 Å². The number of halogens is 1. The molecule has 0 saturated carbocycles. The third-order valence-electron chi connectivity index (χ3n) is 2.83. The number of carbonyl (C=O) groups is 1. The third kappa shape index (κ3) is 4.56. The maximum Gasteiger partial charge on any atom is 0.274 e. The Morgan fingerprint density at radius 3 is 2.76 bits per heavy atom. The number of nitrogens with zero attached hydrogens (tertiary/aromatic N) is 1. The van der Waals surface area contributed by atoms with E-state index in [9.17, 15) is 4.79 Å². The molecule has 21 heavy (non-hydrogen) atoms. The van der Waals surface area contributed by atoms with E-state index in [2.05, 4.69) is 45.4 Å². The molecule has 2 N–H and O–H groups in total. The van der Waals surface area contributed by atoms with Gasteiger partial charge in [-0.05, 0) is 46.1 Å². The highest BCUT2D eigenvalue weighted by atomic mass is 79.9. The molecular formula is C16H18BrN3O. The topological polar surface area (TPSA) is 54.0 Å². The van der Waals surface area contributed by atoms with Crippen LogP contribution in [0.25, 0.3) is 0 Å². The van der Waals surface area contributed by atoms with Gasteiger partial charge in [0.05, 0.1) is 5.69 Å². The molecule has 5 heteroatoms. The minimum atomic E-state index is -0.227. The summed E-state index contributed by atoms with van der Waals surface area (Å²) in [5.74, 6) is 0.311. The average Bonchev–Trinajstić information content (AvgIpc) is 2.48. The zero-order valence-electron chi connectivity index (χ0n) is 12.1. The predicted molar refractivity (Wildman–Crippen MR) is 89.7 cm³/mol. The van der Waals surface area contributed by atoms with Crippen molar-refractivity contribution in [3.8, 4) is 0 Å². The summed E-state index contributed by atoms with van der Waals surface area (Å²) in [4.78, 5) is 16.4. The van der Waals surface area contributed by atoms with E-state index in [4.69, 9.17) is 0 Å². The number of rotatable bonds is 5. The maximum atomic E-state index is 12.2. The molecule has 1 heterocycles. The van der Waals surface area contributed by atoms with Crippen LogP contribution in [0.4, 0.5) is 11.4 Å². The van der Waals surface area contributed by atoms with Crippen LogP contribution in [0.5, 0.6) is 0 Å². The van der Waals surface area contributed by atoms with E-state index >= 15 is 0 Å². The Morgan fingerprint density at radius 2 is 2.05 bits per heavy atom. The van der Waals surface area contributed by atoms with Crippen LogP contribution in [-0.4, -0.2) is 17.4 Å². The largest absolute Gasteiger partial charge is 0.385 e. The first-order valence-corrected chi connectivity index (χ1v) is 7.61. The number of benzene rings is 1. The van der Waals surface area contributed by atoms with Crippen molar-refractivity contribution in [3.63, 3.8) is 0 Å². The summed E-state index contributed by atoms with van der Waals surface area (Å²) in [6.45, 7) is 5.12. The summed E-state index contributed by atoms with van der Waals surface area (Å²) in [5, 5.41) is 6.13. The van der Waals surface area contributed by atoms with Crippen molar-refractivity contribution in [1.29, 1.82) is 0 Å². The van der Waals surface area contributed by atoms with Gasteiger partial charge in [-0.3, -0.25) is 9.78 Å². The number of hydrogen-bond acceptors (Lipinski definition) is 3. The number of pyridine rings is 1. The minimum absolute atomic E-state index is 0.227. The summed E-state index contributed by atoms with van der Waals surface area (Å²) in [6, 6.07) is 11.1. The molecule has 2 rings (SSSR count). The predicted octanol–water partition coefficient (Wildman–Crippen LogP) is 4.16. The lowest BCUT2D eigenvalue weighted by Crippen LogP contribution is -2.15. The molecule has 1 aromatic carbocycles. The lowest BCUT2D eigenvalue weighted by Gasteiger charge is -2.10. The van der Waals surface area contributed by atoms with E-state index in [0.717, 1.165) is 22.4 Å². The normalized spacial score (nSPS) is 10.5. The molecule has 0 aliphatic heterocycles. The van der Waals surface area contributed by atoms with Crippen molar-refractivity contribution in [2.75, 3.05) is 17.2 Å². The SMILES string of the molecule is CC(C)CNc1ccnc(C(=O)Nc2ccccc2Br)c1. The fourth-order valence-corrected chi connectivity index (χ4v) is 2.12. The average molecular weight is 348 g/mol. The van der Waals surface area contributed by atoms with Crippen molar-refractivity contribution in [3.05, 3.63) is 52.8 Å². The molecular weight excluding hydrogens is 330 g/mol. The van der Waals surface area contributed by atoms with Gasteiger partial charge in [-0.15, -0.1) is 0 Å². The Kier molecular flexibility index (Phi) is 5.33. The molecule has 4 nitrogen and oxygen atoms in total. The summed E-state index contributed by atoms with van der Waals surface area (Å²) < 4.78 is 0.840. The molecule has 1 aromatic heterocycles. The Morgan fingerprint density at radius 1 is 1.29 bits per heavy atom. The molecule has 0 spiro atoms. The quantitative estimate of drug-likeness (QED) is 0.853. The molecule has 0 atom stereocenters. The zero-order chi connectivity index (χ0) is 15.2. The van der Waals surface area contributed by atoms with Crippen molar-refractivity contribution in [2.24, 2.45) is 5.92 Å². The fraction of sp³-hybridized carbons (Fsp3) is 0.250. The number of carbonyl (C=O) groups excluding carboxylic acids is 1. The van der Waals surface area contributed by atoms with Gasteiger partial charge < -0.3 is 10.6 Å². The van der Waals surface area contributed by atoms with Gasteiger partial charge in [-0.2, -0.15) is 0 Å². The van der Waals surface area contributed by atoms with Crippen molar-refractivity contribution in [1.82, 2.24) is 4.98 Å². The van der Waals surface area contributed by atoms with E-state index in [1.165, 1.54) is 0 Å². The second-order valence-electron chi connectivity index (χ2n) is 5.14. The molecule has 110 valence electrons. The number of anilines is 2. The highest BCUT2D eigenvalue weighted by Gasteiger charge is 2.10. The van der Waals surface area contributed by atoms with Gasteiger partial charge in [0.1, 0.15) is 5.69 Å². The highest BCUT2D eigenvalue weighted by molar-refractivity contribution is 9.10. The number of nitrogens with one attached hydrogen (secondary N) is 2. The lowest BCUT2D eigenvalue weighted by atomic mass is 10.2. The van der Waals surface area contributed by atoms with Crippen LogP contribution in [0.1, 0.15) is 24.3 Å². The van der Waals surface area contributed by atoms with E-state index in [1.54, 1.807) is 12.3 Å². The van der Waals surface area contributed by atoms with E-state index in [1.807, 2.05) is 30.3 Å². The van der Waals surface area contributed by atoms with E-state index < -0.39 is 0 Å². The number of aromatic nitrogens is 1. The molecule has 0 aliphatic carbocycles. The lowest BCUT2D eigenvalue weighted by molar-refractivity contribution is 0.102. The van der Waals surface area contributed by atoms with Crippen molar-refractivity contribution < 1.29 is 4.79 Å². The molecule has 0 saturated heterocycles. The zero-order valence-corrected chi connectivity index (χ0v) is 13.6. The standard InChI is InChI=1S/C16H18BrN3O/c1-11(2)10-19-12-7-8-18-15(9-12)16(21)20-14-6-4-3-5-13(14)17/h3-9,11H,10H2,1-2H3,(H,18,19)(H,20,21). The van der Waals surface area contributed by atoms with Crippen LogP contribution < -0.4 is 10.6 Å². The van der Waals surface area contributed by atoms with Gasteiger partial charge in [-0.25, -0.2) is 0 Å². The second-order valence-corrected chi connectivity index (χ2v) is 5.99. The third-order valence-corrected chi connectivity index (χ3v) is 3.52. The monoisotopic (exact) mass is 347 g/mol. The molecule has 0 radical (unpaired) electrons. The van der Waals surface area contributed by atoms with Gasteiger partial charge in [0, 0.05) is 22.9 Å².